The smallest absolute Gasteiger partial charge is 0.233 e. The summed E-state index contributed by atoms with van der Waals surface area (Å²) in [5.41, 5.74) is 4.57. The van der Waals surface area contributed by atoms with E-state index in [4.69, 9.17) is 0 Å². The van der Waals surface area contributed by atoms with Crippen LogP contribution in [0.3, 0.4) is 0 Å². The number of nitrogens with one attached hydrogen (secondary N) is 1. The molecule has 7 heteroatoms. The van der Waals surface area contributed by atoms with Crippen LogP contribution in [0.5, 0.6) is 0 Å². The van der Waals surface area contributed by atoms with Crippen LogP contribution >= 0.6 is 23.1 Å². The number of carbonyl (C=O) groups is 1. The van der Waals surface area contributed by atoms with Crippen molar-refractivity contribution in [1.29, 1.82) is 0 Å². The fourth-order valence-corrected chi connectivity index (χ4v) is 4.40. The van der Waals surface area contributed by atoms with Crippen LogP contribution in [-0.2, 0) is 4.79 Å². The largest absolute Gasteiger partial charge is 0.338 e. The van der Waals surface area contributed by atoms with Crippen LogP contribution in [0, 0.1) is 13.8 Å². The van der Waals surface area contributed by atoms with Crippen molar-refractivity contribution in [3.8, 4) is 0 Å². The van der Waals surface area contributed by atoms with E-state index in [2.05, 4.69) is 35.4 Å². The van der Waals surface area contributed by atoms with Crippen molar-refractivity contribution in [2.24, 2.45) is 0 Å². The van der Waals surface area contributed by atoms with E-state index in [1.165, 1.54) is 34.2 Å². The highest BCUT2D eigenvalue weighted by Gasteiger charge is 2.18. The molecule has 1 heterocycles. The van der Waals surface area contributed by atoms with Gasteiger partial charge in [0.2, 0.25) is 11.0 Å². The summed E-state index contributed by atoms with van der Waals surface area (Å²) in [5, 5.41) is 12.4. The Bertz CT molecular complexity index is 943. The van der Waals surface area contributed by atoms with E-state index in [9.17, 15) is 4.79 Å². The first-order valence-electron chi connectivity index (χ1n) is 9.06. The second kappa shape index (κ2) is 9.21. The fraction of sp³-hybridized carbons (Fsp3) is 0.286. The maximum absolute atomic E-state index is 12.6. The first kappa shape index (κ1) is 20.4. The zero-order valence-corrected chi connectivity index (χ0v) is 18.1. The van der Waals surface area contributed by atoms with E-state index in [-0.39, 0.29) is 11.9 Å². The molecule has 0 spiro atoms. The molecule has 0 bridgehead atoms. The average Bonchev–Trinajstić information content (AvgIpc) is 3.16. The molecule has 0 fully saturated rings. The van der Waals surface area contributed by atoms with Crippen LogP contribution in [0.2, 0.25) is 0 Å². The summed E-state index contributed by atoms with van der Waals surface area (Å²) in [6, 6.07) is 16.2. The van der Waals surface area contributed by atoms with Crippen molar-refractivity contribution in [2.75, 3.05) is 18.1 Å². The Hall–Kier alpha value is -2.38. The molecule has 2 aromatic carbocycles. The molecule has 0 aliphatic heterocycles. The fourth-order valence-electron chi connectivity index (χ4n) is 2.72. The zero-order chi connectivity index (χ0) is 20.1. The number of nitrogens with zero attached hydrogens (tertiary/aromatic N) is 3. The van der Waals surface area contributed by atoms with Crippen LogP contribution in [0.15, 0.2) is 52.9 Å². The molecule has 1 N–H and O–H groups in total. The second-order valence-corrected chi connectivity index (χ2v) is 8.83. The number of aromatic nitrogens is 2. The van der Waals surface area contributed by atoms with E-state index in [0.29, 0.717) is 5.75 Å². The molecule has 28 heavy (non-hydrogen) atoms. The van der Waals surface area contributed by atoms with Gasteiger partial charge in [-0.25, -0.2) is 0 Å². The SMILES string of the molecule is Cc1cccc(Nc2nnc(SCC(=O)N(C)C(C)c3ccccc3)s2)c1C. The molecule has 0 aliphatic carbocycles. The molecule has 0 saturated carbocycles. The Morgan fingerprint density at radius 1 is 1.14 bits per heavy atom. The summed E-state index contributed by atoms with van der Waals surface area (Å²) in [4.78, 5) is 14.3. The summed E-state index contributed by atoms with van der Waals surface area (Å²) in [6.07, 6.45) is 0. The Morgan fingerprint density at radius 3 is 2.64 bits per heavy atom. The Balaban J connectivity index is 1.56. The Kier molecular flexibility index (Phi) is 6.70. The van der Waals surface area contributed by atoms with E-state index in [0.717, 1.165) is 20.7 Å². The third-order valence-corrected chi connectivity index (χ3v) is 6.78. The highest BCUT2D eigenvalue weighted by atomic mass is 32.2. The quantitative estimate of drug-likeness (QED) is 0.540. The molecule has 1 aromatic heterocycles. The van der Waals surface area contributed by atoms with Crippen LogP contribution < -0.4 is 5.32 Å². The van der Waals surface area contributed by atoms with Gasteiger partial charge in [0.25, 0.3) is 0 Å². The van der Waals surface area contributed by atoms with Gasteiger partial charge in [-0.3, -0.25) is 4.79 Å². The second-order valence-electron chi connectivity index (χ2n) is 6.63. The van der Waals surface area contributed by atoms with Crippen molar-refractivity contribution in [1.82, 2.24) is 15.1 Å². The maximum Gasteiger partial charge on any atom is 0.233 e. The van der Waals surface area contributed by atoms with Crippen LogP contribution in [0.25, 0.3) is 0 Å². The van der Waals surface area contributed by atoms with Gasteiger partial charge in [-0.15, -0.1) is 10.2 Å². The van der Waals surface area contributed by atoms with Crippen molar-refractivity contribution >= 4 is 39.8 Å². The van der Waals surface area contributed by atoms with Crippen LogP contribution in [0.4, 0.5) is 10.8 Å². The molecule has 0 aliphatic rings. The molecule has 1 amide bonds. The van der Waals surface area contributed by atoms with E-state index >= 15 is 0 Å². The third-order valence-electron chi connectivity index (χ3n) is 4.83. The molecule has 1 unspecified atom stereocenters. The van der Waals surface area contributed by atoms with Gasteiger partial charge in [0.1, 0.15) is 0 Å². The zero-order valence-electron chi connectivity index (χ0n) is 16.5. The van der Waals surface area contributed by atoms with Crippen molar-refractivity contribution in [3.63, 3.8) is 0 Å². The molecule has 0 radical (unpaired) electrons. The number of thioether (sulfide) groups is 1. The van der Waals surface area contributed by atoms with Gasteiger partial charge in [0.15, 0.2) is 4.34 Å². The van der Waals surface area contributed by atoms with E-state index in [1.807, 2.05) is 56.4 Å². The van der Waals surface area contributed by atoms with E-state index < -0.39 is 0 Å². The summed E-state index contributed by atoms with van der Waals surface area (Å²) in [7, 11) is 1.84. The first-order chi connectivity index (χ1) is 13.5. The summed E-state index contributed by atoms with van der Waals surface area (Å²) >= 11 is 2.88. The first-order valence-corrected chi connectivity index (χ1v) is 10.9. The molecule has 1 atom stereocenters. The molecule has 3 aromatic rings. The lowest BCUT2D eigenvalue weighted by Crippen LogP contribution is -2.31. The predicted octanol–water partition coefficient (Wildman–Crippen LogP) is 5.21. The molecule has 146 valence electrons. The molecular formula is C21H24N4OS2. The third kappa shape index (κ3) is 4.91. The predicted molar refractivity (Wildman–Crippen MR) is 117 cm³/mol. The van der Waals surface area contributed by atoms with Crippen molar-refractivity contribution < 1.29 is 4.79 Å². The lowest BCUT2D eigenvalue weighted by molar-refractivity contribution is -0.128. The Labute approximate surface area is 174 Å². The molecular weight excluding hydrogens is 388 g/mol. The molecule has 5 nitrogen and oxygen atoms in total. The van der Waals surface area contributed by atoms with Gasteiger partial charge in [0.05, 0.1) is 11.8 Å². The topological polar surface area (TPSA) is 58.1 Å². The number of hydrogen-bond acceptors (Lipinski definition) is 6. The van der Waals surface area contributed by atoms with E-state index in [1.54, 1.807) is 4.90 Å². The van der Waals surface area contributed by atoms with Crippen LogP contribution in [0.1, 0.15) is 29.7 Å². The highest BCUT2D eigenvalue weighted by molar-refractivity contribution is 8.01. The number of rotatable bonds is 7. The van der Waals surface area contributed by atoms with Crippen molar-refractivity contribution in [2.45, 2.75) is 31.2 Å². The highest BCUT2D eigenvalue weighted by Crippen LogP contribution is 2.30. The number of amides is 1. The minimum absolute atomic E-state index is 0.0326. The summed E-state index contributed by atoms with van der Waals surface area (Å²) < 4.78 is 0.780. The number of benzene rings is 2. The molecule has 0 saturated heterocycles. The standard InChI is InChI=1S/C21H24N4OS2/c1-14-9-8-12-18(15(14)2)22-20-23-24-21(28-20)27-13-19(26)25(4)16(3)17-10-6-5-7-11-17/h5-12,16H,13H2,1-4H3,(H,22,23). The Morgan fingerprint density at radius 2 is 1.89 bits per heavy atom. The number of aryl methyl sites for hydroxylation is 1. The van der Waals surface area contributed by atoms with Gasteiger partial charge < -0.3 is 10.2 Å². The number of carbonyl (C=O) groups excluding carboxylic acids is 1. The van der Waals surface area contributed by atoms with Gasteiger partial charge >= 0.3 is 0 Å². The summed E-state index contributed by atoms with van der Waals surface area (Å²) in [6.45, 7) is 6.20. The minimum Gasteiger partial charge on any atom is -0.338 e. The number of anilines is 2. The molecule has 3 rings (SSSR count). The average molecular weight is 413 g/mol. The summed E-state index contributed by atoms with van der Waals surface area (Å²) in [5.74, 6) is 0.409. The van der Waals surface area contributed by atoms with Gasteiger partial charge in [-0.05, 0) is 43.5 Å². The maximum atomic E-state index is 12.6. The van der Waals surface area contributed by atoms with Crippen LogP contribution in [-0.4, -0.2) is 33.8 Å². The van der Waals surface area contributed by atoms with Crippen molar-refractivity contribution in [3.05, 3.63) is 65.2 Å². The van der Waals surface area contributed by atoms with Gasteiger partial charge in [-0.1, -0.05) is 65.6 Å². The number of hydrogen-bond donors (Lipinski definition) is 1. The minimum atomic E-state index is 0.0326. The van der Waals surface area contributed by atoms with Gasteiger partial charge in [0, 0.05) is 12.7 Å². The van der Waals surface area contributed by atoms with Gasteiger partial charge in [-0.2, -0.15) is 0 Å². The normalized spacial score (nSPS) is 11.9. The lowest BCUT2D eigenvalue weighted by Gasteiger charge is -2.25. The lowest BCUT2D eigenvalue weighted by atomic mass is 10.1. The monoisotopic (exact) mass is 412 g/mol.